The molecular weight excluding hydrogens is 498 g/mol. The van der Waals surface area contributed by atoms with Crippen LogP contribution in [0.25, 0.3) is 71.7 Å². The van der Waals surface area contributed by atoms with Crippen molar-refractivity contribution in [1.29, 1.82) is 0 Å². The molecule has 1 aliphatic rings. The first kappa shape index (κ1) is 22.7. The van der Waals surface area contributed by atoms with Crippen LogP contribution in [0.2, 0.25) is 0 Å². The maximum Gasteiger partial charge on any atom is 0.146 e. The molecule has 2 aromatic heterocycles. The lowest BCUT2D eigenvalue weighted by atomic mass is 9.81. The number of para-hydroxylation sites is 2. The van der Waals surface area contributed by atoms with E-state index in [-0.39, 0.29) is 5.41 Å². The molecule has 41 heavy (non-hydrogen) atoms. The van der Waals surface area contributed by atoms with Gasteiger partial charge in [-0.25, -0.2) is 0 Å². The molecule has 2 nitrogen and oxygen atoms in total. The molecular formula is C39H27NO. The zero-order valence-electron chi connectivity index (χ0n) is 23.0. The third-order valence-electron chi connectivity index (χ3n) is 9.16. The monoisotopic (exact) mass is 525 g/mol. The van der Waals surface area contributed by atoms with Crippen LogP contribution in [0.15, 0.2) is 132 Å². The molecule has 6 aromatic carbocycles. The van der Waals surface area contributed by atoms with Gasteiger partial charge in [0.15, 0.2) is 0 Å². The van der Waals surface area contributed by atoms with E-state index in [1.165, 1.54) is 66.0 Å². The molecule has 194 valence electrons. The third-order valence-corrected chi connectivity index (χ3v) is 9.16. The second kappa shape index (κ2) is 7.99. The third kappa shape index (κ3) is 2.92. The highest BCUT2D eigenvalue weighted by atomic mass is 16.3. The van der Waals surface area contributed by atoms with Gasteiger partial charge >= 0.3 is 0 Å². The van der Waals surface area contributed by atoms with Gasteiger partial charge in [-0.05, 0) is 57.6 Å². The summed E-state index contributed by atoms with van der Waals surface area (Å²) in [5, 5.41) is 4.81. The summed E-state index contributed by atoms with van der Waals surface area (Å²) in [7, 11) is 0. The Morgan fingerprint density at radius 3 is 2.07 bits per heavy atom. The maximum atomic E-state index is 6.80. The average molecular weight is 526 g/mol. The van der Waals surface area contributed by atoms with Crippen molar-refractivity contribution in [2.24, 2.45) is 0 Å². The van der Waals surface area contributed by atoms with Crippen molar-refractivity contribution in [2.75, 3.05) is 0 Å². The van der Waals surface area contributed by atoms with Gasteiger partial charge in [0.2, 0.25) is 0 Å². The predicted octanol–water partition coefficient (Wildman–Crippen LogP) is 10.7. The fraction of sp³-hybridized carbons (Fsp3) is 0.0769. The molecule has 0 radical (unpaired) electrons. The van der Waals surface area contributed by atoms with E-state index in [0.29, 0.717) is 0 Å². The van der Waals surface area contributed by atoms with E-state index in [4.69, 9.17) is 4.42 Å². The maximum absolute atomic E-state index is 6.80. The van der Waals surface area contributed by atoms with Gasteiger partial charge in [-0.15, -0.1) is 0 Å². The zero-order chi connectivity index (χ0) is 27.3. The van der Waals surface area contributed by atoms with Crippen LogP contribution in [0.5, 0.6) is 0 Å². The predicted molar refractivity (Wildman–Crippen MR) is 171 cm³/mol. The Bertz CT molecular complexity index is 2310. The first-order valence-corrected chi connectivity index (χ1v) is 14.3. The number of hydrogen-bond donors (Lipinski definition) is 0. The lowest BCUT2D eigenvalue weighted by molar-refractivity contribution is 0.662. The Labute approximate surface area is 238 Å². The highest BCUT2D eigenvalue weighted by Crippen LogP contribution is 2.57. The van der Waals surface area contributed by atoms with Crippen LogP contribution in [0.1, 0.15) is 25.0 Å². The highest BCUT2D eigenvalue weighted by molar-refractivity contribution is 6.30. The quantitative estimate of drug-likeness (QED) is 0.219. The average Bonchev–Trinajstić information content (AvgIpc) is 3.64. The van der Waals surface area contributed by atoms with Gasteiger partial charge in [0.1, 0.15) is 11.2 Å². The number of nitrogens with zero attached hydrogens (tertiary/aromatic N) is 1. The van der Waals surface area contributed by atoms with Gasteiger partial charge in [0, 0.05) is 27.3 Å². The standard InChI is InChI=1S/C39H27NO/c1-39(2)30-17-9-6-14-27(30)33-34-29-16-8-11-19-32(29)41-38(34)35-28-15-7-10-18-31(28)40(37(35)36(33)39)26-22-20-25(21-23-26)24-12-4-3-5-13-24/h3-23H,1-2H3. The molecule has 2 heteroatoms. The second-order valence-corrected chi connectivity index (χ2v) is 11.7. The van der Waals surface area contributed by atoms with E-state index in [2.05, 4.69) is 146 Å². The molecule has 0 spiro atoms. The fourth-order valence-corrected chi connectivity index (χ4v) is 7.38. The summed E-state index contributed by atoms with van der Waals surface area (Å²) in [4.78, 5) is 0. The fourth-order valence-electron chi connectivity index (χ4n) is 7.38. The van der Waals surface area contributed by atoms with Gasteiger partial charge in [0.25, 0.3) is 0 Å². The first-order chi connectivity index (χ1) is 20.1. The molecule has 8 aromatic rings. The van der Waals surface area contributed by atoms with Crippen molar-refractivity contribution in [3.63, 3.8) is 0 Å². The van der Waals surface area contributed by atoms with E-state index in [0.717, 1.165) is 16.9 Å². The SMILES string of the molecule is CC1(C)c2ccccc2-c2c1c1c(c3ccccc3n1-c1ccc(-c3ccccc3)cc1)c1oc3ccccc3c21. The Morgan fingerprint density at radius 2 is 1.24 bits per heavy atom. The van der Waals surface area contributed by atoms with Gasteiger partial charge in [0.05, 0.1) is 16.4 Å². The smallest absolute Gasteiger partial charge is 0.146 e. The molecule has 0 fully saturated rings. The summed E-state index contributed by atoms with van der Waals surface area (Å²) in [5.41, 5.74) is 13.1. The Morgan fingerprint density at radius 1 is 0.585 bits per heavy atom. The van der Waals surface area contributed by atoms with Crippen LogP contribution in [0.4, 0.5) is 0 Å². The number of benzene rings is 6. The van der Waals surface area contributed by atoms with Crippen molar-refractivity contribution in [1.82, 2.24) is 4.57 Å². The number of rotatable bonds is 2. The number of furan rings is 1. The Hall–Kier alpha value is -5.08. The van der Waals surface area contributed by atoms with Crippen LogP contribution in [0.3, 0.4) is 0 Å². The number of fused-ring (bicyclic) bond motifs is 12. The summed E-state index contributed by atoms with van der Waals surface area (Å²) < 4.78 is 9.27. The van der Waals surface area contributed by atoms with E-state index >= 15 is 0 Å². The minimum atomic E-state index is -0.188. The molecule has 0 atom stereocenters. The summed E-state index contributed by atoms with van der Waals surface area (Å²) in [5.74, 6) is 0. The van der Waals surface area contributed by atoms with Gasteiger partial charge < -0.3 is 8.98 Å². The molecule has 0 N–H and O–H groups in total. The van der Waals surface area contributed by atoms with Crippen LogP contribution < -0.4 is 0 Å². The van der Waals surface area contributed by atoms with Crippen LogP contribution in [-0.4, -0.2) is 4.57 Å². The van der Waals surface area contributed by atoms with Crippen molar-refractivity contribution >= 4 is 43.7 Å². The van der Waals surface area contributed by atoms with E-state index in [9.17, 15) is 0 Å². The van der Waals surface area contributed by atoms with Crippen LogP contribution in [-0.2, 0) is 5.41 Å². The topological polar surface area (TPSA) is 18.1 Å². The van der Waals surface area contributed by atoms with Gasteiger partial charge in [-0.1, -0.05) is 117 Å². The van der Waals surface area contributed by atoms with E-state index in [1.54, 1.807) is 0 Å². The molecule has 0 saturated heterocycles. The molecule has 9 rings (SSSR count). The lowest BCUT2D eigenvalue weighted by Gasteiger charge is -2.24. The van der Waals surface area contributed by atoms with Gasteiger partial charge in [-0.2, -0.15) is 0 Å². The Kier molecular flexibility index (Phi) is 4.42. The van der Waals surface area contributed by atoms with Gasteiger partial charge in [-0.3, -0.25) is 0 Å². The molecule has 0 saturated carbocycles. The van der Waals surface area contributed by atoms with Crippen molar-refractivity contribution in [3.8, 4) is 27.9 Å². The summed E-state index contributed by atoms with van der Waals surface area (Å²) in [6.07, 6.45) is 0. The van der Waals surface area contributed by atoms with Crippen molar-refractivity contribution in [3.05, 3.63) is 139 Å². The normalized spacial score (nSPS) is 13.8. The zero-order valence-corrected chi connectivity index (χ0v) is 23.0. The van der Waals surface area contributed by atoms with Crippen molar-refractivity contribution in [2.45, 2.75) is 19.3 Å². The van der Waals surface area contributed by atoms with Crippen LogP contribution >= 0.6 is 0 Å². The van der Waals surface area contributed by atoms with E-state index in [1.807, 2.05) is 0 Å². The van der Waals surface area contributed by atoms with Crippen molar-refractivity contribution < 1.29 is 4.42 Å². The minimum Gasteiger partial charge on any atom is -0.455 e. The molecule has 0 aliphatic heterocycles. The van der Waals surface area contributed by atoms with E-state index < -0.39 is 0 Å². The summed E-state index contributed by atoms with van der Waals surface area (Å²) >= 11 is 0. The largest absolute Gasteiger partial charge is 0.455 e. The number of aromatic nitrogens is 1. The molecule has 2 heterocycles. The second-order valence-electron chi connectivity index (χ2n) is 11.7. The Balaban J connectivity index is 1.49. The lowest BCUT2D eigenvalue weighted by Crippen LogP contribution is -2.16. The first-order valence-electron chi connectivity index (χ1n) is 14.3. The highest BCUT2D eigenvalue weighted by Gasteiger charge is 2.41. The molecule has 1 aliphatic carbocycles. The molecule has 0 amide bonds. The number of hydrogen-bond acceptors (Lipinski definition) is 1. The minimum absolute atomic E-state index is 0.188. The molecule has 0 unspecified atom stereocenters. The van der Waals surface area contributed by atoms with Crippen LogP contribution in [0, 0.1) is 0 Å². The summed E-state index contributed by atoms with van der Waals surface area (Å²) in [6.45, 7) is 4.76. The molecule has 0 bridgehead atoms. The summed E-state index contributed by atoms with van der Waals surface area (Å²) in [6, 6.07) is 45.8.